The molecule has 2 aromatic heterocycles. The fourth-order valence-corrected chi connectivity index (χ4v) is 2.65. The van der Waals surface area contributed by atoms with Crippen molar-refractivity contribution in [2.24, 2.45) is 0 Å². The summed E-state index contributed by atoms with van der Waals surface area (Å²) >= 11 is 1.56. The molecule has 2 N–H and O–H groups in total. The zero-order valence-corrected chi connectivity index (χ0v) is 10.0. The van der Waals surface area contributed by atoms with Gasteiger partial charge in [0, 0.05) is 11.1 Å². The van der Waals surface area contributed by atoms with E-state index in [9.17, 15) is 4.79 Å². The van der Waals surface area contributed by atoms with E-state index >= 15 is 0 Å². The van der Waals surface area contributed by atoms with Gasteiger partial charge in [0.25, 0.3) is 5.91 Å². The van der Waals surface area contributed by atoms with Crippen LogP contribution in [0.4, 0.5) is 11.5 Å². The van der Waals surface area contributed by atoms with E-state index in [4.69, 9.17) is 0 Å². The maximum atomic E-state index is 12.0. The molecule has 1 unspecified atom stereocenters. The quantitative estimate of drug-likeness (QED) is 0.811. The summed E-state index contributed by atoms with van der Waals surface area (Å²) in [7, 11) is 0. The summed E-state index contributed by atoms with van der Waals surface area (Å²) in [6.45, 7) is 1.95. The van der Waals surface area contributed by atoms with Gasteiger partial charge in [0.2, 0.25) is 0 Å². The van der Waals surface area contributed by atoms with Crippen LogP contribution in [0.3, 0.4) is 0 Å². The van der Waals surface area contributed by atoms with Gasteiger partial charge in [-0.15, -0.1) is 11.3 Å². The highest BCUT2D eigenvalue weighted by Gasteiger charge is 2.28. The van der Waals surface area contributed by atoms with Crippen molar-refractivity contribution in [2.45, 2.75) is 13.0 Å². The van der Waals surface area contributed by atoms with Crippen LogP contribution in [-0.2, 0) is 4.79 Å². The number of nitrogens with zero attached hydrogens (tertiary/aromatic N) is 1. The predicted octanol–water partition coefficient (Wildman–Crippen LogP) is 2.56. The van der Waals surface area contributed by atoms with Crippen molar-refractivity contribution in [3.63, 3.8) is 0 Å². The highest BCUT2D eigenvalue weighted by molar-refractivity contribution is 7.10. The number of rotatable bonds is 1. The van der Waals surface area contributed by atoms with Gasteiger partial charge < -0.3 is 10.6 Å². The Bertz CT molecular complexity index is 565. The average molecular weight is 245 g/mol. The number of carbonyl (C=O) groups is 1. The summed E-state index contributed by atoms with van der Waals surface area (Å²) in [6.07, 6.45) is 1.74. The number of carbonyl (C=O) groups excluding carboxylic acids is 1. The number of aromatic nitrogens is 1. The molecule has 0 saturated heterocycles. The van der Waals surface area contributed by atoms with Crippen LogP contribution in [-0.4, -0.2) is 10.9 Å². The summed E-state index contributed by atoms with van der Waals surface area (Å²) < 4.78 is 0. The standard InChI is InChI=1S/C12H11N3OS/c1-7-4-5-13-11-9(7)15-12(16)10(14-11)8-3-2-6-17-8/h2-6,10H,1H3,(H,13,14)(H,15,16). The van der Waals surface area contributed by atoms with Gasteiger partial charge >= 0.3 is 0 Å². The smallest absolute Gasteiger partial charge is 0.252 e. The fraction of sp³-hybridized carbons (Fsp3) is 0.167. The Hall–Kier alpha value is -1.88. The molecule has 1 atom stereocenters. The van der Waals surface area contributed by atoms with Crippen LogP contribution in [0.1, 0.15) is 16.5 Å². The minimum atomic E-state index is -0.336. The first-order chi connectivity index (χ1) is 8.25. The number of nitrogens with one attached hydrogen (secondary N) is 2. The van der Waals surface area contributed by atoms with E-state index in [1.165, 1.54) is 0 Å². The Labute approximate surface area is 103 Å². The topological polar surface area (TPSA) is 54.0 Å². The molecule has 0 bridgehead atoms. The molecule has 0 radical (unpaired) electrons. The third kappa shape index (κ3) is 1.68. The van der Waals surface area contributed by atoms with Crippen LogP contribution in [0, 0.1) is 6.92 Å². The molecule has 5 heteroatoms. The van der Waals surface area contributed by atoms with E-state index < -0.39 is 0 Å². The Morgan fingerprint density at radius 3 is 3.06 bits per heavy atom. The average Bonchev–Trinajstić information content (AvgIpc) is 2.83. The van der Waals surface area contributed by atoms with Crippen molar-refractivity contribution in [1.29, 1.82) is 0 Å². The van der Waals surface area contributed by atoms with E-state index in [0.717, 1.165) is 21.9 Å². The highest BCUT2D eigenvalue weighted by atomic mass is 32.1. The molecule has 0 aliphatic carbocycles. The van der Waals surface area contributed by atoms with Crippen molar-refractivity contribution >= 4 is 28.7 Å². The van der Waals surface area contributed by atoms with E-state index in [1.807, 2.05) is 30.5 Å². The molecular weight excluding hydrogens is 234 g/mol. The van der Waals surface area contributed by atoms with Gasteiger partial charge in [-0.3, -0.25) is 4.79 Å². The number of thiophene rings is 1. The molecule has 17 heavy (non-hydrogen) atoms. The Morgan fingerprint density at radius 1 is 1.41 bits per heavy atom. The van der Waals surface area contributed by atoms with Gasteiger partial charge in [0.15, 0.2) is 5.82 Å². The first kappa shape index (κ1) is 10.3. The maximum absolute atomic E-state index is 12.0. The molecule has 1 aliphatic rings. The minimum absolute atomic E-state index is 0.0314. The van der Waals surface area contributed by atoms with E-state index in [2.05, 4.69) is 15.6 Å². The van der Waals surface area contributed by atoms with Crippen molar-refractivity contribution in [1.82, 2.24) is 4.98 Å². The second kappa shape index (κ2) is 3.85. The van der Waals surface area contributed by atoms with E-state index in [0.29, 0.717) is 0 Å². The number of fused-ring (bicyclic) bond motifs is 1. The minimum Gasteiger partial charge on any atom is -0.352 e. The predicted molar refractivity (Wildman–Crippen MR) is 68.3 cm³/mol. The molecule has 2 aromatic rings. The van der Waals surface area contributed by atoms with Gasteiger partial charge in [0.1, 0.15) is 6.04 Å². The van der Waals surface area contributed by atoms with Crippen molar-refractivity contribution in [2.75, 3.05) is 10.6 Å². The molecule has 4 nitrogen and oxygen atoms in total. The number of anilines is 2. The molecule has 0 spiro atoms. The lowest BCUT2D eigenvalue weighted by molar-refractivity contribution is -0.117. The summed E-state index contributed by atoms with van der Waals surface area (Å²) in [4.78, 5) is 17.3. The Kier molecular flexibility index (Phi) is 2.33. The van der Waals surface area contributed by atoms with Gasteiger partial charge in [0.05, 0.1) is 5.69 Å². The van der Waals surface area contributed by atoms with Gasteiger partial charge in [-0.25, -0.2) is 4.98 Å². The summed E-state index contributed by atoms with van der Waals surface area (Å²) in [5, 5.41) is 8.05. The summed E-state index contributed by atoms with van der Waals surface area (Å²) in [5.41, 5.74) is 1.80. The van der Waals surface area contributed by atoms with E-state index in [1.54, 1.807) is 17.5 Å². The molecule has 1 amide bonds. The number of amides is 1. The molecule has 3 rings (SSSR count). The molecule has 86 valence electrons. The van der Waals surface area contributed by atoms with E-state index in [-0.39, 0.29) is 11.9 Å². The number of pyridine rings is 1. The van der Waals surface area contributed by atoms with Crippen LogP contribution < -0.4 is 10.6 Å². The van der Waals surface area contributed by atoms with Crippen LogP contribution in [0.2, 0.25) is 0 Å². The highest BCUT2D eigenvalue weighted by Crippen LogP contribution is 2.33. The van der Waals surface area contributed by atoms with Gasteiger partial charge in [-0.1, -0.05) is 6.07 Å². The molecule has 3 heterocycles. The SMILES string of the molecule is Cc1ccnc2c1NC(=O)C(c1cccs1)N2. The summed E-state index contributed by atoms with van der Waals surface area (Å²) in [6, 6.07) is 5.43. The maximum Gasteiger partial charge on any atom is 0.252 e. The number of hydrogen-bond acceptors (Lipinski definition) is 4. The largest absolute Gasteiger partial charge is 0.352 e. The molecule has 0 saturated carbocycles. The van der Waals surface area contributed by atoms with Crippen LogP contribution in [0.5, 0.6) is 0 Å². The van der Waals surface area contributed by atoms with Crippen molar-refractivity contribution < 1.29 is 4.79 Å². The monoisotopic (exact) mass is 245 g/mol. The fourth-order valence-electron chi connectivity index (χ4n) is 1.88. The van der Waals surface area contributed by atoms with Crippen LogP contribution >= 0.6 is 11.3 Å². The first-order valence-electron chi connectivity index (χ1n) is 5.32. The molecule has 0 fully saturated rings. The first-order valence-corrected chi connectivity index (χ1v) is 6.20. The second-order valence-corrected chi connectivity index (χ2v) is 4.91. The second-order valence-electron chi connectivity index (χ2n) is 3.93. The van der Waals surface area contributed by atoms with Crippen LogP contribution in [0.15, 0.2) is 29.8 Å². The van der Waals surface area contributed by atoms with Gasteiger partial charge in [-0.05, 0) is 30.0 Å². The zero-order valence-electron chi connectivity index (χ0n) is 9.23. The normalized spacial score (nSPS) is 18.2. The zero-order chi connectivity index (χ0) is 11.8. The third-order valence-electron chi connectivity index (χ3n) is 2.78. The lowest BCUT2D eigenvalue weighted by atomic mass is 10.1. The van der Waals surface area contributed by atoms with Crippen LogP contribution in [0.25, 0.3) is 0 Å². The molecule has 1 aliphatic heterocycles. The number of hydrogen-bond donors (Lipinski definition) is 2. The van der Waals surface area contributed by atoms with Gasteiger partial charge in [-0.2, -0.15) is 0 Å². The Morgan fingerprint density at radius 2 is 2.29 bits per heavy atom. The van der Waals surface area contributed by atoms with Crippen molar-refractivity contribution in [3.05, 3.63) is 40.2 Å². The number of aryl methyl sites for hydroxylation is 1. The lowest BCUT2D eigenvalue weighted by Gasteiger charge is -2.26. The van der Waals surface area contributed by atoms with Crippen molar-refractivity contribution in [3.8, 4) is 0 Å². The Balaban J connectivity index is 2.01. The third-order valence-corrected chi connectivity index (χ3v) is 3.72. The summed E-state index contributed by atoms with van der Waals surface area (Å²) in [5.74, 6) is 0.707. The lowest BCUT2D eigenvalue weighted by Crippen LogP contribution is -2.32. The molecule has 0 aromatic carbocycles. The molecular formula is C12H11N3OS.